The van der Waals surface area contributed by atoms with Gasteiger partial charge in [-0.25, -0.2) is 0 Å². The Morgan fingerprint density at radius 1 is 1.08 bits per heavy atom. The number of benzene rings is 2. The monoisotopic (exact) mass is 359 g/mol. The van der Waals surface area contributed by atoms with Crippen molar-refractivity contribution < 1.29 is 19.1 Å². The predicted molar refractivity (Wildman–Crippen MR) is 97.6 cm³/mol. The van der Waals surface area contributed by atoms with Crippen molar-refractivity contribution in [3.63, 3.8) is 0 Å². The number of ether oxygens (including phenoxy) is 2. The highest BCUT2D eigenvalue weighted by molar-refractivity contribution is 8.00. The van der Waals surface area contributed by atoms with Gasteiger partial charge in [0.05, 0.1) is 12.9 Å². The Morgan fingerprint density at radius 2 is 1.76 bits per heavy atom. The number of carbonyl (C=O) groups is 2. The van der Waals surface area contributed by atoms with Gasteiger partial charge in [0, 0.05) is 11.4 Å². The number of thioether (sulfide) groups is 1. The lowest BCUT2D eigenvalue weighted by molar-refractivity contribution is -0.152. The molecule has 0 bridgehead atoms. The van der Waals surface area contributed by atoms with E-state index in [1.165, 1.54) is 11.8 Å². The van der Waals surface area contributed by atoms with Gasteiger partial charge in [0.1, 0.15) is 5.75 Å². The van der Waals surface area contributed by atoms with E-state index < -0.39 is 12.1 Å². The minimum atomic E-state index is -0.831. The van der Waals surface area contributed by atoms with Gasteiger partial charge in [0.2, 0.25) is 0 Å². The van der Waals surface area contributed by atoms with Crippen LogP contribution < -0.4 is 10.1 Å². The van der Waals surface area contributed by atoms with Crippen LogP contribution in [0.1, 0.15) is 12.5 Å². The molecule has 0 saturated carbocycles. The van der Waals surface area contributed by atoms with Crippen molar-refractivity contribution in [2.24, 2.45) is 0 Å². The van der Waals surface area contributed by atoms with E-state index in [2.05, 4.69) is 5.32 Å². The Morgan fingerprint density at radius 3 is 2.40 bits per heavy atom. The van der Waals surface area contributed by atoms with E-state index in [1.54, 1.807) is 14.0 Å². The molecule has 0 heterocycles. The summed E-state index contributed by atoms with van der Waals surface area (Å²) < 4.78 is 10.3. The van der Waals surface area contributed by atoms with Crippen molar-refractivity contribution in [3.05, 3.63) is 60.2 Å². The van der Waals surface area contributed by atoms with Crippen LogP contribution in [0.4, 0.5) is 0 Å². The lowest BCUT2D eigenvalue weighted by Gasteiger charge is -2.13. The fourth-order valence-corrected chi connectivity index (χ4v) is 2.72. The zero-order chi connectivity index (χ0) is 18.1. The van der Waals surface area contributed by atoms with Crippen molar-refractivity contribution in [2.75, 3.05) is 12.9 Å². The smallest absolute Gasteiger partial charge is 0.317 e. The van der Waals surface area contributed by atoms with Gasteiger partial charge < -0.3 is 14.8 Å². The van der Waals surface area contributed by atoms with E-state index in [9.17, 15) is 9.59 Å². The topological polar surface area (TPSA) is 64.6 Å². The van der Waals surface area contributed by atoms with E-state index in [4.69, 9.17) is 9.47 Å². The van der Waals surface area contributed by atoms with Gasteiger partial charge in [0.15, 0.2) is 6.10 Å². The van der Waals surface area contributed by atoms with Gasteiger partial charge in [-0.3, -0.25) is 9.59 Å². The van der Waals surface area contributed by atoms with Crippen LogP contribution in [0.3, 0.4) is 0 Å². The highest BCUT2D eigenvalue weighted by atomic mass is 32.2. The van der Waals surface area contributed by atoms with E-state index in [1.807, 2.05) is 54.6 Å². The summed E-state index contributed by atoms with van der Waals surface area (Å²) in [6.45, 7) is 1.93. The van der Waals surface area contributed by atoms with Gasteiger partial charge in [-0.05, 0) is 36.8 Å². The van der Waals surface area contributed by atoms with Crippen LogP contribution in [0.5, 0.6) is 5.75 Å². The molecule has 0 radical (unpaired) electrons. The van der Waals surface area contributed by atoms with Crippen LogP contribution in [-0.2, 0) is 20.9 Å². The molecule has 0 aliphatic heterocycles. The molecule has 0 aliphatic carbocycles. The Labute approximate surface area is 151 Å². The number of rotatable bonds is 8. The molecule has 0 saturated heterocycles. The van der Waals surface area contributed by atoms with Crippen LogP contribution >= 0.6 is 11.8 Å². The summed E-state index contributed by atoms with van der Waals surface area (Å²) in [7, 11) is 1.60. The largest absolute Gasteiger partial charge is 0.497 e. The fourth-order valence-electron chi connectivity index (χ4n) is 2.02. The molecule has 132 valence electrons. The molecule has 0 unspecified atom stereocenters. The van der Waals surface area contributed by atoms with Crippen molar-refractivity contribution in [3.8, 4) is 5.75 Å². The summed E-state index contributed by atoms with van der Waals surface area (Å²) in [5, 5.41) is 2.75. The highest BCUT2D eigenvalue weighted by Gasteiger charge is 2.17. The molecule has 6 heteroatoms. The first-order chi connectivity index (χ1) is 12.1. The standard InChI is InChI=1S/C19H21NO4S/c1-14(24-18(21)13-25-17-6-4-3-5-7-17)19(22)20-12-15-8-10-16(23-2)11-9-15/h3-11,14H,12-13H2,1-2H3,(H,20,22)/t14-/m1/s1. The molecular weight excluding hydrogens is 338 g/mol. The maximum Gasteiger partial charge on any atom is 0.317 e. The number of carbonyl (C=O) groups excluding carboxylic acids is 2. The van der Waals surface area contributed by atoms with E-state index in [0.717, 1.165) is 16.2 Å². The Balaban J connectivity index is 1.72. The van der Waals surface area contributed by atoms with Gasteiger partial charge in [0.25, 0.3) is 5.91 Å². The van der Waals surface area contributed by atoms with Crippen LogP contribution in [0.2, 0.25) is 0 Å². The first kappa shape index (κ1) is 18.9. The normalized spacial score (nSPS) is 11.4. The van der Waals surface area contributed by atoms with E-state index in [0.29, 0.717) is 6.54 Å². The summed E-state index contributed by atoms with van der Waals surface area (Å²) in [6.07, 6.45) is -0.831. The van der Waals surface area contributed by atoms with Gasteiger partial charge >= 0.3 is 5.97 Å². The summed E-state index contributed by atoms with van der Waals surface area (Å²) in [5.74, 6) is 0.184. The molecule has 5 nitrogen and oxygen atoms in total. The predicted octanol–water partition coefficient (Wildman–Crippen LogP) is 3.04. The van der Waals surface area contributed by atoms with Crippen molar-refractivity contribution in [2.45, 2.75) is 24.5 Å². The van der Waals surface area contributed by atoms with Crippen LogP contribution in [0.15, 0.2) is 59.5 Å². The summed E-state index contributed by atoms with van der Waals surface area (Å²) in [4.78, 5) is 24.9. The molecule has 1 N–H and O–H groups in total. The molecule has 25 heavy (non-hydrogen) atoms. The van der Waals surface area contributed by atoms with Gasteiger partial charge in [-0.15, -0.1) is 11.8 Å². The second-order valence-electron chi connectivity index (χ2n) is 5.30. The quantitative estimate of drug-likeness (QED) is 0.580. The van der Waals surface area contributed by atoms with Crippen LogP contribution in [0.25, 0.3) is 0 Å². The lowest BCUT2D eigenvalue weighted by atomic mass is 10.2. The molecular formula is C19H21NO4S. The Hall–Kier alpha value is -2.47. The third-order valence-corrected chi connectivity index (χ3v) is 4.39. The number of esters is 1. The minimum Gasteiger partial charge on any atom is -0.497 e. The lowest BCUT2D eigenvalue weighted by Crippen LogP contribution is -2.35. The number of hydrogen-bond donors (Lipinski definition) is 1. The SMILES string of the molecule is COc1ccc(CNC(=O)[C@@H](C)OC(=O)CSc2ccccc2)cc1. The van der Waals surface area contributed by atoms with Crippen LogP contribution in [0, 0.1) is 0 Å². The molecule has 0 fully saturated rings. The molecule has 0 spiro atoms. The number of methoxy groups -OCH3 is 1. The van der Waals surface area contributed by atoms with Crippen molar-refractivity contribution in [1.29, 1.82) is 0 Å². The molecule has 1 atom stereocenters. The van der Waals surface area contributed by atoms with Gasteiger partial charge in [-0.1, -0.05) is 30.3 Å². The summed E-state index contributed by atoms with van der Waals surface area (Å²) in [5.41, 5.74) is 0.937. The second kappa shape index (κ2) is 9.74. The average molecular weight is 359 g/mol. The average Bonchev–Trinajstić information content (AvgIpc) is 2.65. The fraction of sp³-hybridized carbons (Fsp3) is 0.263. The minimum absolute atomic E-state index is 0.167. The van der Waals surface area contributed by atoms with Crippen molar-refractivity contribution >= 4 is 23.6 Å². The second-order valence-corrected chi connectivity index (χ2v) is 6.35. The zero-order valence-corrected chi connectivity index (χ0v) is 15.0. The number of hydrogen-bond acceptors (Lipinski definition) is 5. The maximum absolute atomic E-state index is 12.0. The third kappa shape index (κ3) is 6.51. The molecule has 2 aromatic carbocycles. The third-order valence-electron chi connectivity index (χ3n) is 3.40. The molecule has 2 rings (SSSR count). The zero-order valence-electron chi connectivity index (χ0n) is 14.2. The summed E-state index contributed by atoms with van der Waals surface area (Å²) in [6, 6.07) is 16.9. The van der Waals surface area contributed by atoms with Gasteiger partial charge in [-0.2, -0.15) is 0 Å². The van der Waals surface area contributed by atoms with E-state index in [-0.39, 0.29) is 11.7 Å². The first-order valence-electron chi connectivity index (χ1n) is 7.86. The number of amides is 1. The molecule has 0 aromatic heterocycles. The molecule has 1 amide bonds. The Kier molecular flexibility index (Phi) is 7.35. The molecule has 2 aromatic rings. The van der Waals surface area contributed by atoms with Crippen molar-refractivity contribution in [1.82, 2.24) is 5.32 Å². The molecule has 0 aliphatic rings. The first-order valence-corrected chi connectivity index (χ1v) is 8.85. The Bertz CT molecular complexity index is 688. The maximum atomic E-state index is 12.0. The van der Waals surface area contributed by atoms with E-state index >= 15 is 0 Å². The van der Waals surface area contributed by atoms with Crippen LogP contribution in [-0.4, -0.2) is 30.8 Å². The highest BCUT2D eigenvalue weighted by Crippen LogP contribution is 2.17. The summed E-state index contributed by atoms with van der Waals surface area (Å²) >= 11 is 1.38. The number of nitrogens with one attached hydrogen (secondary N) is 1.